The van der Waals surface area contributed by atoms with E-state index >= 15 is 0 Å². The molecule has 0 radical (unpaired) electrons. The SMILES string of the molecule is C[N+](C)(C)CCO.O=C(O)c1ccccc1O.O=S([O-])O.[LiH]. The van der Waals surface area contributed by atoms with Crippen LogP contribution in [-0.4, -0.2) is 92.2 Å². The molecule has 22 heavy (non-hydrogen) atoms. The zero-order chi connectivity index (χ0) is 17.1. The number of hydrogen-bond donors (Lipinski definition) is 4. The molecule has 0 saturated heterocycles. The van der Waals surface area contributed by atoms with Crippen LogP contribution in [0.25, 0.3) is 0 Å². The summed E-state index contributed by atoms with van der Waals surface area (Å²) in [6.45, 7) is 1.11. The number of likely N-dealkylation sites (N-methyl/N-ethyl adjacent to an activating group) is 1. The Kier molecular flexibility index (Phi) is 16.2. The summed E-state index contributed by atoms with van der Waals surface area (Å²) in [6.07, 6.45) is 0. The van der Waals surface area contributed by atoms with E-state index in [1.54, 1.807) is 12.1 Å². The van der Waals surface area contributed by atoms with Crippen molar-refractivity contribution < 1.29 is 37.9 Å². The van der Waals surface area contributed by atoms with Crippen molar-refractivity contribution in [2.75, 3.05) is 34.3 Å². The van der Waals surface area contributed by atoms with Crippen LogP contribution in [0.1, 0.15) is 10.4 Å². The van der Waals surface area contributed by atoms with Gasteiger partial charge in [-0.25, -0.2) is 9.00 Å². The van der Waals surface area contributed by atoms with Crippen molar-refractivity contribution >= 4 is 36.2 Å². The molecular weight excluding hydrogens is 309 g/mol. The standard InChI is InChI=1S/C7H6O3.C5H14NO.Li.H2O3S.H/c8-6-4-2-1-3-5(6)7(9)10;1-6(2,3)4-5-7;;1-4(2)3;/h1-4,8H,(H,9,10);7H,4-5H2,1-3H3;;(H2,1,2,3);/q;+1;;;/p-1. The van der Waals surface area contributed by atoms with Crippen molar-refractivity contribution in [3.63, 3.8) is 0 Å². The second-order valence-corrected chi connectivity index (χ2v) is 5.21. The number of quaternary nitrogens is 1. The van der Waals surface area contributed by atoms with Gasteiger partial charge >= 0.3 is 24.8 Å². The Bertz CT molecular complexity index is 447. The van der Waals surface area contributed by atoms with Crippen molar-refractivity contribution in [2.45, 2.75) is 0 Å². The third-order valence-corrected chi connectivity index (χ3v) is 1.91. The van der Waals surface area contributed by atoms with Gasteiger partial charge in [0.15, 0.2) is 0 Å². The molecule has 0 aliphatic rings. The van der Waals surface area contributed by atoms with E-state index in [2.05, 4.69) is 21.1 Å². The molecule has 124 valence electrons. The molecule has 0 amide bonds. The van der Waals surface area contributed by atoms with Crippen LogP contribution in [0.2, 0.25) is 0 Å². The number of carboxylic acid groups (broad SMARTS) is 1. The normalized spacial score (nSPS) is 10.8. The predicted molar refractivity (Wildman–Crippen MR) is 83.7 cm³/mol. The number of aromatic carboxylic acids is 1. The summed E-state index contributed by atoms with van der Waals surface area (Å²) in [5.41, 5.74) is -0.0671. The number of carbonyl (C=O) groups is 1. The van der Waals surface area contributed by atoms with Gasteiger partial charge in [-0.2, -0.15) is 0 Å². The van der Waals surface area contributed by atoms with Gasteiger partial charge in [0.2, 0.25) is 0 Å². The number of aromatic hydroxyl groups is 1. The third-order valence-electron chi connectivity index (χ3n) is 1.91. The van der Waals surface area contributed by atoms with Crippen LogP contribution in [-0.2, 0) is 11.4 Å². The monoisotopic (exact) mass is 331 g/mol. The van der Waals surface area contributed by atoms with E-state index in [4.69, 9.17) is 28.6 Å². The van der Waals surface area contributed by atoms with Crippen LogP contribution in [0, 0.1) is 0 Å². The summed E-state index contributed by atoms with van der Waals surface area (Å²) >= 11 is -2.86. The summed E-state index contributed by atoms with van der Waals surface area (Å²) in [5.74, 6) is -1.31. The number of aliphatic hydroxyl groups excluding tert-OH is 1. The van der Waals surface area contributed by atoms with Gasteiger partial charge in [-0.1, -0.05) is 12.1 Å². The van der Waals surface area contributed by atoms with E-state index in [9.17, 15) is 4.79 Å². The van der Waals surface area contributed by atoms with Gasteiger partial charge in [-0.05, 0) is 12.1 Å². The zero-order valence-corrected chi connectivity index (χ0v) is 12.9. The van der Waals surface area contributed by atoms with Crippen LogP contribution in [0.5, 0.6) is 5.75 Å². The molecule has 8 nitrogen and oxygen atoms in total. The summed E-state index contributed by atoms with van der Waals surface area (Å²) in [4.78, 5) is 10.3. The number of hydrogen-bond acceptors (Lipinski definition) is 5. The van der Waals surface area contributed by atoms with E-state index in [1.165, 1.54) is 12.1 Å². The van der Waals surface area contributed by atoms with Crippen LogP contribution >= 0.6 is 0 Å². The van der Waals surface area contributed by atoms with E-state index in [-0.39, 0.29) is 36.8 Å². The molecule has 0 bridgehead atoms. The van der Waals surface area contributed by atoms with Crippen molar-refractivity contribution in [3.05, 3.63) is 29.8 Å². The zero-order valence-electron chi connectivity index (χ0n) is 12.1. The minimum absolute atomic E-state index is 0. The number of nitrogens with zero attached hydrogens (tertiary/aromatic N) is 1. The molecule has 0 saturated carbocycles. The molecule has 1 aromatic rings. The van der Waals surface area contributed by atoms with Gasteiger partial charge in [0.05, 0.1) is 39.1 Å². The van der Waals surface area contributed by atoms with Gasteiger partial charge in [0, 0.05) is 0 Å². The first-order valence-electron chi connectivity index (χ1n) is 5.72. The Morgan fingerprint density at radius 1 is 1.27 bits per heavy atom. The number of phenols is 1. The molecule has 4 N–H and O–H groups in total. The molecule has 0 aromatic heterocycles. The maximum absolute atomic E-state index is 10.3. The first kappa shape index (κ1) is 26.0. The molecule has 0 heterocycles. The number of aliphatic hydroxyl groups is 1. The maximum atomic E-state index is 10.3. The Labute approximate surface area is 144 Å². The Balaban J connectivity index is -0.000000266. The fourth-order valence-corrected chi connectivity index (χ4v) is 0.954. The Hall–Kier alpha value is -0.923. The molecule has 0 fully saturated rings. The fraction of sp³-hybridized carbons (Fsp3) is 0.417. The van der Waals surface area contributed by atoms with Gasteiger partial charge in [0.25, 0.3) is 0 Å². The third kappa shape index (κ3) is 19.1. The molecular formula is C12H22LiNO7S. The second kappa shape index (κ2) is 13.7. The van der Waals surface area contributed by atoms with Gasteiger partial charge in [0.1, 0.15) is 17.9 Å². The number of rotatable bonds is 3. The summed E-state index contributed by atoms with van der Waals surface area (Å²) in [7, 11) is 6.16. The molecule has 1 unspecified atom stereocenters. The van der Waals surface area contributed by atoms with E-state index < -0.39 is 17.3 Å². The number of para-hydroxylation sites is 1. The van der Waals surface area contributed by atoms with Gasteiger partial charge in [-0.3, -0.25) is 0 Å². The first-order valence-corrected chi connectivity index (χ1v) is 6.75. The van der Waals surface area contributed by atoms with Crippen LogP contribution in [0.15, 0.2) is 24.3 Å². The van der Waals surface area contributed by atoms with E-state index in [0.29, 0.717) is 0 Å². The molecule has 1 atom stereocenters. The summed E-state index contributed by atoms with van der Waals surface area (Å²) < 4.78 is 24.9. The van der Waals surface area contributed by atoms with Crippen LogP contribution < -0.4 is 0 Å². The predicted octanol–water partition coefficient (Wildman–Crippen LogP) is -0.535. The van der Waals surface area contributed by atoms with Gasteiger partial charge < -0.3 is 28.9 Å². The van der Waals surface area contributed by atoms with Gasteiger partial charge in [-0.15, -0.1) is 0 Å². The minimum atomic E-state index is -2.86. The average molecular weight is 331 g/mol. The van der Waals surface area contributed by atoms with E-state index in [0.717, 1.165) is 11.0 Å². The molecule has 0 aliphatic carbocycles. The molecule has 0 aliphatic heterocycles. The topological polar surface area (TPSA) is 138 Å². The summed E-state index contributed by atoms with van der Waals surface area (Å²) in [6, 6.07) is 5.81. The Morgan fingerprint density at radius 3 is 1.86 bits per heavy atom. The van der Waals surface area contributed by atoms with Crippen molar-refractivity contribution in [1.82, 2.24) is 0 Å². The average Bonchev–Trinajstić information content (AvgIpc) is 2.27. The van der Waals surface area contributed by atoms with Crippen LogP contribution in [0.3, 0.4) is 0 Å². The van der Waals surface area contributed by atoms with Crippen molar-refractivity contribution in [2.24, 2.45) is 0 Å². The van der Waals surface area contributed by atoms with Crippen molar-refractivity contribution in [3.8, 4) is 5.75 Å². The molecule has 1 aromatic carbocycles. The molecule has 1 rings (SSSR count). The number of carboxylic acids is 1. The van der Waals surface area contributed by atoms with E-state index in [1.807, 2.05) is 0 Å². The van der Waals surface area contributed by atoms with Crippen molar-refractivity contribution in [1.29, 1.82) is 0 Å². The first-order chi connectivity index (χ1) is 9.51. The quantitative estimate of drug-likeness (QED) is 0.332. The summed E-state index contributed by atoms with van der Waals surface area (Å²) in [5, 5.41) is 25.7. The molecule has 10 heteroatoms. The second-order valence-electron chi connectivity index (χ2n) is 4.78. The van der Waals surface area contributed by atoms with Crippen LogP contribution in [0.4, 0.5) is 0 Å². The molecule has 0 spiro atoms. The fourth-order valence-electron chi connectivity index (χ4n) is 0.954. The Morgan fingerprint density at radius 2 is 1.68 bits per heavy atom. The number of benzene rings is 1.